The maximum atomic E-state index is 10.6. The number of hydrogen-bond donors (Lipinski definition) is 0. The SMILES string of the molecule is CC1Cc2ccccc2N1c1ncc(C=O)cn1. The molecule has 0 amide bonds. The van der Waals surface area contributed by atoms with Gasteiger partial charge in [0.1, 0.15) is 0 Å². The number of para-hydroxylation sites is 1. The van der Waals surface area contributed by atoms with Crippen LogP contribution < -0.4 is 4.90 Å². The van der Waals surface area contributed by atoms with Crippen LogP contribution in [0.2, 0.25) is 0 Å². The molecule has 0 saturated carbocycles. The van der Waals surface area contributed by atoms with Crippen molar-refractivity contribution in [2.45, 2.75) is 19.4 Å². The number of rotatable bonds is 2. The molecule has 1 aliphatic heterocycles. The first kappa shape index (κ1) is 10.9. The van der Waals surface area contributed by atoms with Gasteiger partial charge in [-0.25, -0.2) is 9.97 Å². The van der Waals surface area contributed by atoms with Gasteiger partial charge in [-0.2, -0.15) is 0 Å². The number of aldehydes is 1. The minimum Gasteiger partial charge on any atom is -0.307 e. The molecule has 4 heteroatoms. The highest BCUT2D eigenvalue weighted by Gasteiger charge is 2.28. The predicted octanol–water partition coefficient (Wildman–Crippen LogP) is 2.37. The molecule has 2 aromatic rings. The van der Waals surface area contributed by atoms with E-state index in [0.29, 0.717) is 17.6 Å². The molecule has 1 unspecified atom stereocenters. The van der Waals surface area contributed by atoms with Crippen LogP contribution >= 0.6 is 0 Å². The number of benzene rings is 1. The summed E-state index contributed by atoms with van der Waals surface area (Å²) in [5.41, 5.74) is 2.97. The second-order valence-electron chi connectivity index (χ2n) is 4.49. The number of aromatic nitrogens is 2. The molecule has 0 radical (unpaired) electrons. The van der Waals surface area contributed by atoms with Crippen molar-refractivity contribution in [2.24, 2.45) is 0 Å². The van der Waals surface area contributed by atoms with Crippen LogP contribution in [0.3, 0.4) is 0 Å². The number of nitrogens with zero attached hydrogens (tertiary/aromatic N) is 3. The standard InChI is InChI=1S/C14H13N3O/c1-10-6-12-4-2-3-5-13(12)17(10)14-15-7-11(9-18)8-16-14/h2-5,7-10H,6H2,1H3. The number of fused-ring (bicyclic) bond motifs is 1. The lowest BCUT2D eigenvalue weighted by molar-refractivity contribution is 0.112. The van der Waals surface area contributed by atoms with Crippen molar-refractivity contribution >= 4 is 17.9 Å². The van der Waals surface area contributed by atoms with E-state index in [9.17, 15) is 4.79 Å². The van der Waals surface area contributed by atoms with Gasteiger partial charge in [0.25, 0.3) is 0 Å². The van der Waals surface area contributed by atoms with E-state index < -0.39 is 0 Å². The van der Waals surface area contributed by atoms with Gasteiger partial charge in [0.15, 0.2) is 6.29 Å². The Morgan fingerprint density at radius 3 is 2.72 bits per heavy atom. The molecule has 1 aromatic carbocycles. The van der Waals surface area contributed by atoms with Gasteiger partial charge in [0.2, 0.25) is 5.95 Å². The first-order chi connectivity index (χ1) is 8.79. The molecular weight excluding hydrogens is 226 g/mol. The average Bonchev–Trinajstić information content (AvgIpc) is 2.75. The second kappa shape index (κ2) is 4.22. The lowest BCUT2D eigenvalue weighted by Crippen LogP contribution is -2.25. The monoisotopic (exact) mass is 239 g/mol. The fourth-order valence-corrected chi connectivity index (χ4v) is 2.39. The van der Waals surface area contributed by atoms with Crippen LogP contribution in [0.1, 0.15) is 22.8 Å². The Hall–Kier alpha value is -2.23. The Morgan fingerprint density at radius 1 is 1.28 bits per heavy atom. The average molecular weight is 239 g/mol. The van der Waals surface area contributed by atoms with Crippen LogP contribution in [0.15, 0.2) is 36.7 Å². The maximum absolute atomic E-state index is 10.6. The zero-order valence-corrected chi connectivity index (χ0v) is 10.1. The lowest BCUT2D eigenvalue weighted by Gasteiger charge is -2.22. The molecule has 1 atom stereocenters. The summed E-state index contributed by atoms with van der Waals surface area (Å²) in [7, 11) is 0. The normalized spacial score (nSPS) is 17.6. The van der Waals surface area contributed by atoms with E-state index in [-0.39, 0.29) is 0 Å². The van der Waals surface area contributed by atoms with Crippen LogP contribution in [0, 0.1) is 0 Å². The minimum atomic E-state index is 0.337. The molecule has 1 aliphatic rings. The molecule has 3 rings (SSSR count). The highest BCUT2D eigenvalue weighted by Crippen LogP contribution is 2.35. The van der Waals surface area contributed by atoms with E-state index in [1.54, 1.807) is 12.4 Å². The van der Waals surface area contributed by atoms with E-state index >= 15 is 0 Å². The fraction of sp³-hybridized carbons (Fsp3) is 0.214. The van der Waals surface area contributed by atoms with Crippen molar-refractivity contribution in [2.75, 3.05) is 4.90 Å². The van der Waals surface area contributed by atoms with Crippen LogP contribution in [-0.2, 0) is 6.42 Å². The van der Waals surface area contributed by atoms with Crippen LogP contribution in [-0.4, -0.2) is 22.3 Å². The third-order valence-corrected chi connectivity index (χ3v) is 3.22. The number of carbonyl (C=O) groups is 1. The summed E-state index contributed by atoms with van der Waals surface area (Å²) in [4.78, 5) is 21.3. The van der Waals surface area contributed by atoms with Gasteiger partial charge >= 0.3 is 0 Å². The van der Waals surface area contributed by atoms with Crippen LogP contribution in [0.25, 0.3) is 0 Å². The van der Waals surface area contributed by atoms with Gasteiger partial charge in [-0.3, -0.25) is 4.79 Å². The number of anilines is 2. The summed E-state index contributed by atoms with van der Waals surface area (Å²) in [6, 6.07) is 8.61. The van der Waals surface area contributed by atoms with E-state index in [0.717, 1.165) is 18.4 Å². The van der Waals surface area contributed by atoms with Gasteiger partial charge in [-0.15, -0.1) is 0 Å². The summed E-state index contributed by atoms with van der Waals surface area (Å²) in [5, 5.41) is 0. The highest BCUT2D eigenvalue weighted by atomic mass is 16.1. The molecule has 0 fully saturated rings. The quantitative estimate of drug-likeness (QED) is 0.755. The molecule has 1 aromatic heterocycles. The third kappa shape index (κ3) is 1.66. The molecule has 0 N–H and O–H groups in total. The van der Waals surface area contributed by atoms with Crippen molar-refractivity contribution in [3.63, 3.8) is 0 Å². The Morgan fingerprint density at radius 2 is 2.00 bits per heavy atom. The second-order valence-corrected chi connectivity index (χ2v) is 4.49. The zero-order chi connectivity index (χ0) is 12.5. The summed E-state index contributed by atoms with van der Waals surface area (Å²) in [6.45, 7) is 2.15. The van der Waals surface area contributed by atoms with Crippen molar-refractivity contribution in [1.29, 1.82) is 0 Å². The van der Waals surface area contributed by atoms with E-state index in [4.69, 9.17) is 0 Å². The molecule has 0 spiro atoms. The predicted molar refractivity (Wildman–Crippen MR) is 69.2 cm³/mol. The number of hydrogen-bond acceptors (Lipinski definition) is 4. The Labute approximate surface area is 105 Å². The molecular formula is C14H13N3O. The summed E-state index contributed by atoms with van der Waals surface area (Å²) in [5.74, 6) is 0.651. The third-order valence-electron chi connectivity index (χ3n) is 3.22. The summed E-state index contributed by atoms with van der Waals surface area (Å²) < 4.78 is 0. The van der Waals surface area contributed by atoms with E-state index in [1.807, 2.05) is 12.1 Å². The summed E-state index contributed by atoms with van der Waals surface area (Å²) in [6.07, 6.45) is 4.87. The zero-order valence-electron chi connectivity index (χ0n) is 10.1. The molecule has 90 valence electrons. The topological polar surface area (TPSA) is 46.1 Å². The van der Waals surface area contributed by atoms with Crippen molar-refractivity contribution in [1.82, 2.24) is 9.97 Å². The summed E-state index contributed by atoms with van der Waals surface area (Å²) >= 11 is 0. The van der Waals surface area contributed by atoms with Crippen LogP contribution in [0.4, 0.5) is 11.6 Å². The first-order valence-electron chi connectivity index (χ1n) is 5.94. The number of carbonyl (C=O) groups excluding carboxylic acids is 1. The maximum Gasteiger partial charge on any atom is 0.230 e. The van der Waals surface area contributed by atoms with Crippen molar-refractivity contribution in [3.05, 3.63) is 47.8 Å². The molecule has 0 aliphatic carbocycles. The highest BCUT2D eigenvalue weighted by molar-refractivity contribution is 5.74. The van der Waals surface area contributed by atoms with Gasteiger partial charge in [-0.1, -0.05) is 18.2 Å². The van der Waals surface area contributed by atoms with Gasteiger partial charge < -0.3 is 4.90 Å². The molecule has 2 heterocycles. The molecule has 0 saturated heterocycles. The lowest BCUT2D eigenvalue weighted by atomic mass is 10.1. The first-order valence-corrected chi connectivity index (χ1v) is 5.94. The van der Waals surface area contributed by atoms with Crippen molar-refractivity contribution < 1.29 is 4.79 Å². The molecule has 0 bridgehead atoms. The molecule has 18 heavy (non-hydrogen) atoms. The van der Waals surface area contributed by atoms with Gasteiger partial charge in [0.05, 0.1) is 5.56 Å². The Balaban J connectivity index is 2.03. The van der Waals surface area contributed by atoms with Gasteiger partial charge in [0, 0.05) is 24.1 Å². The van der Waals surface area contributed by atoms with Gasteiger partial charge in [-0.05, 0) is 25.0 Å². The smallest absolute Gasteiger partial charge is 0.230 e. The van der Waals surface area contributed by atoms with Crippen molar-refractivity contribution in [3.8, 4) is 0 Å². The molecule has 4 nitrogen and oxygen atoms in total. The Kier molecular flexibility index (Phi) is 2.55. The minimum absolute atomic E-state index is 0.337. The van der Waals surface area contributed by atoms with E-state index in [2.05, 4.69) is 33.9 Å². The Bertz CT molecular complexity index is 580. The van der Waals surface area contributed by atoms with E-state index in [1.165, 1.54) is 5.56 Å². The van der Waals surface area contributed by atoms with Crippen LogP contribution in [0.5, 0.6) is 0 Å². The largest absolute Gasteiger partial charge is 0.307 e. The fourth-order valence-electron chi connectivity index (χ4n) is 2.39.